The maximum absolute atomic E-state index is 5.61. The molecule has 0 spiro atoms. The predicted molar refractivity (Wildman–Crippen MR) is 55.3 cm³/mol. The maximum Gasteiger partial charge on any atom is 0.146 e. The number of benzene rings is 1. The molecular formula is C10H13N3O. The Morgan fingerprint density at radius 2 is 2.29 bits per heavy atom. The first-order valence-electron chi connectivity index (χ1n) is 4.48. The summed E-state index contributed by atoms with van der Waals surface area (Å²) < 4.78 is 5.22. The van der Waals surface area contributed by atoms with Crippen LogP contribution in [0.25, 0.3) is 10.9 Å². The number of aryl methyl sites for hydroxylation is 1. The van der Waals surface area contributed by atoms with Crippen LogP contribution in [-0.2, 0) is 6.54 Å². The van der Waals surface area contributed by atoms with E-state index in [0.717, 1.165) is 27.9 Å². The van der Waals surface area contributed by atoms with Crippen molar-refractivity contribution < 1.29 is 4.74 Å². The molecule has 0 saturated heterocycles. The van der Waals surface area contributed by atoms with Gasteiger partial charge < -0.3 is 10.5 Å². The van der Waals surface area contributed by atoms with Crippen molar-refractivity contribution in [2.75, 3.05) is 7.11 Å². The topological polar surface area (TPSA) is 63.9 Å². The predicted octanol–water partition coefficient (Wildman–Crippen LogP) is 1.34. The van der Waals surface area contributed by atoms with Gasteiger partial charge >= 0.3 is 0 Å². The lowest BCUT2D eigenvalue weighted by molar-refractivity contribution is 0.418. The minimum atomic E-state index is 0.463. The Hall–Kier alpha value is -1.55. The summed E-state index contributed by atoms with van der Waals surface area (Å²) in [4.78, 5) is 0. The van der Waals surface area contributed by atoms with Gasteiger partial charge in [-0.1, -0.05) is 6.07 Å². The molecule has 4 nitrogen and oxygen atoms in total. The molecule has 0 amide bonds. The van der Waals surface area contributed by atoms with Crippen LogP contribution in [0.2, 0.25) is 0 Å². The summed E-state index contributed by atoms with van der Waals surface area (Å²) in [6.07, 6.45) is 0. The van der Waals surface area contributed by atoms with Gasteiger partial charge in [-0.15, -0.1) is 0 Å². The molecule has 0 bridgehead atoms. The lowest BCUT2D eigenvalue weighted by atomic mass is 10.1. The molecule has 2 rings (SSSR count). The van der Waals surface area contributed by atoms with Gasteiger partial charge in [0.1, 0.15) is 11.3 Å². The Morgan fingerprint density at radius 1 is 1.50 bits per heavy atom. The number of methoxy groups -OCH3 is 1. The minimum Gasteiger partial charge on any atom is -0.494 e. The molecular weight excluding hydrogens is 178 g/mol. The molecule has 0 aliphatic heterocycles. The molecule has 2 aromatic rings. The van der Waals surface area contributed by atoms with Crippen molar-refractivity contribution in [2.45, 2.75) is 13.5 Å². The number of rotatable bonds is 2. The van der Waals surface area contributed by atoms with Crippen LogP contribution in [0.4, 0.5) is 0 Å². The molecule has 0 fully saturated rings. The summed E-state index contributed by atoms with van der Waals surface area (Å²) in [7, 11) is 1.64. The summed E-state index contributed by atoms with van der Waals surface area (Å²) >= 11 is 0. The van der Waals surface area contributed by atoms with Crippen molar-refractivity contribution in [3.63, 3.8) is 0 Å². The number of hydrogen-bond acceptors (Lipinski definition) is 3. The molecule has 74 valence electrons. The summed E-state index contributed by atoms with van der Waals surface area (Å²) in [5.74, 6) is 0.779. The number of aromatic nitrogens is 2. The fraction of sp³-hybridized carbons (Fsp3) is 0.300. The smallest absolute Gasteiger partial charge is 0.146 e. The highest BCUT2D eigenvalue weighted by Gasteiger charge is 2.10. The van der Waals surface area contributed by atoms with E-state index in [1.54, 1.807) is 7.11 Å². The van der Waals surface area contributed by atoms with Crippen LogP contribution in [0.5, 0.6) is 5.75 Å². The average Bonchev–Trinajstić information content (AvgIpc) is 2.63. The zero-order valence-electron chi connectivity index (χ0n) is 8.29. The van der Waals surface area contributed by atoms with E-state index in [0.29, 0.717) is 6.54 Å². The quantitative estimate of drug-likeness (QED) is 0.752. The Kier molecular flexibility index (Phi) is 2.13. The second kappa shape index (κ2) is 3.31. The van der Waals surface area contributed by atoms with E-state index < -0.39 is 0 Å². The van der Waals surface area contributed by atoms with Crippen molar-refractivity contribution in [2.24, 2.45) is 5.73 Å². The molecule has 0 atom stereocenters. The first-order chi connectivity index (χ1) is 6.77. The molecule has 0 saturated carbocycles. The van der Waals surface area contributed by atoms with Gasteiger partial charge in [0.05, 0.1) is 12.8 Å². The highest BCUT2D eigenvalue weighted by atomic mass is 16.5. The maximum atomic E-state index is 5.61. The van der Waals surface area contributed by atoms with Crippen molar-refractivity contribution in [1.29, 1.82) is 0 Å². The number of ether oxygens (including phenoxy) is 1. The number of fused-ring (bicyclic) bond motifs is 1. The summed E-state index contributed by atoms with van der Waals surface area (Å²) in [6.45, 7) is 2.50. The summed E-state index contributed by atoms with van der Waals surface area (Å²) in [5.41, 5.74) is 8.58. The molecule has 4 heteroatoms. The van der Waals surface area contributed by atoms with Crippen molar-refractivity contribution in [3.8, 4) is 5.75 Å². The van der Waals surface area contributed by atoms with Crippen molar-refractivity contribution >= 4 is 10.9 Å². The number of nitrogens with one attached hydrogen (secondary N) is 1. The number of H-pyrrole nitrogens is 1. The van der Waals surface area contributed by atoms with E-state index in [2.05, 4.69) is 10.2 Å². The number of nitrogens with two attached hydrogens (primary N) is 1. The monoisotopic (exact) mass is 191 g/mol. The summed E-state index contributed by atoms with van der Waals surface area (Å²) in [6, 6.07) is 3.93. The van der Waals surface area contributed by atoms with Crippen LogP contribution < -0.4 is 10.5 Å². The number of nitrogens with zero attached hydrogens (tertiary/aromatic N) is 1. The van der Waals surface area contributed by atoms with E-state index in [4.69, 9.17) is 10.5 Å². The Morgan fingerprint density at radius 3 is 2.93 bits per heavy atom. The van der Waals surface area contributed by atoms with E-state index in [1.807, 2.05) is 19.1 Å². The number of aromatic amines is 1. The number of hydrogen-bond donors (Lipinski definition) is 2. The van der Waals surface area contributed by atoms with Crippen molar-refractivity contribution in [1.82, 2.24) is 10.2 Å². The fourth-order valence-electron chi connectivity index (χ4n) is 1.66. The normalized spacial score (nSPS) is 10.8. The molecule has 0 unspecified atom stereocenters. The van der Waals surface area contributed by atoms with Gasteiger partial charge in [-0.2, -0.15) is 5.10 Å². The second-order valence-electron chi connectivity index (χ2n) is 3.21. The van der Waals surface area contributed by atoms with Crippen LogP contribution in [0.1, 0.15) is 11.3 Å². The van der Waals surface area contributed by atoms with Crippen LogP contribution >= 0.6 is 0 Å². The lowest BCUT2D eigenvalue weighted by Crippen LogP contribution is -1.97. The lowest BCUT2D eigenvalue weighted by Gasteiger charge is -2.02. The Bertz CT molecular complexity index is 462. The van der Waals surface area contributed by atoms with Crippen LogP contribution in [0.15, 0.2) is 12.1 Å². The first-order valence-corrected chi connectivity index (χ1v) is 4.48. The van der Waals surface area contributed by atoms with Gasteiger partial charge in [-0.25, -0.2) is 0 Å². The fourth-order valence-corrected chi connectivity index (χ4v) is 1.66. The molecule has 1 aromatic carbocycles. The molecule has 0 aliphatic rings. The van der Waals surface area contributed by atoms with Crippen LogP contribution in [-0.4, -0.2) is 17.3 Å². The third kappa shape index (κ3) is 1.15. The van der Waals surface area contributed by atoms with Crippen LogP contribution in [0, 0.1) is 6.92 Å². The minimum absolute atomic E-state index is 0.463. The van der Waals surface area contributed by atoms with Gasteiger partial charge in [0, 0.05) is 11.9 Å². The highest BCUT2D eigenvalue weighted by Crippen LogP contribution is 2.28. The molecule has 3 N–H and O–H groups in total. The SMILES string of the molecule is COc1ccc(C)c2c(CN)[nH]nc12. The molecule has 0 radical (unpaired) electrons. The second-order valence-corrected chi connectivity index (χ2v) is 3.21. The van der Waals surface area contributed by atoms with Gasteiger partial charge in [0.15, 0.2) is 0 Å². The third-order valence-corrected chi connectivity index (χ3v) is 2.38. The first kappa shape index (κ1) is 9.02. The Labute approximate surface area is 82.1 Å². The van der Waals surface area contributed by atoms with Gasteiger partial charge in [0.25, 0.3) is 0 Å². The highest BCUT2D eigenvalue weighted by molar-refractivity contribution is 5.89. The molecule has 1 heterocycles. The van der Waals surface area contributed by atoms with E-state index in [1.165, 1.54) is 0 Å². The molecule has 14 heavy (non-hydrogen) atoms. The zero-order valence-corrected chi connectivity index (χ0v) is 8.29. The van der Waals surface area contributed by atoms with Gasteiger partial charge in [-0.05, 0) is 18.6 Å². The van der Waals surface area contributed by atoms with Crippen LogP contribution in [0.3, 0.4) is 0 Å². The van der Waals surface area contributed by atoms with Crippen molar-refractivity contribution in [3.05, 3.63) is 23.4 Å². The Balaban J connectivity index is 2.80. The average molecular weight is 191 g/mol. The standard InChI is InChI=1S/C10H13N3O/c1-6-3-4-8(14-2)10-9(6)7(5-11)12-13-10/h3-4H,5,11H2,1-2H3,(H,12,13). The third-order valence-electron chi connectivity index (χ3n) is 2.38. The molecule has 1 aromatic heterocycles. The van der Waals surface area contributed by atoms with E-state index >= 15 is 0 Å². The van der Waals surface area contributed by atoms with Gasteiger partial charge in [-0.3, -0.25) is 5.10 Å². The summed E-state index contributed by atoms with van der Waals surface area (Å²) in [5, 5.41) is 8.19. The zero-order chi connectivity index (χ0) is 10.1. The molecule has 0 aliphatic carbocycles. The largest absolute Gasteiger partial charge is 0.494 e. The van der Waals surface area contributed by atoms with Gasteiger partial charge in [0.2, 0.25) is 0 Å². The van der Waals surface area contributed by atoms with E-state index in [-0.39, 0.29) is 0 Å². The van der Waals surface area contributed by atoms with E-state index in [9.17, 15) is 0 Å².